The molecular formula is C16H24N2O. The van der Waals surface area contributed by atoms with Crippen molar-refractivity contribution in [2.24, 2.45) is 5.73 Å². The fourth-order valence-electron chi connectivity index (χ4n) is 3.54. The number of hydrogen-bond acceptors (Lipinski definition) is 3. The van der Waals surface area contributed by atoms with Crippen molar-refractivity contribution in [1.29, 1.82) is 0 Å². The molecule has 1 saturated heterocycles. The lowest BCUT2D eigenvalue weighted by Crippen LogP contribution is -2.56. The summed E-state index contributed by atoms with van der Waals surface area (Å²) in [7, 11) is 0. The predicted octanol–water partition coefficient (Wildman–Crippen LogP) is 2.11. The zero-order valence-corrected chi connectivity index (χ0v) is 11.9. The Labute approximate surface area is 115 Å². The van der Waals surface area contributed by atoms with Gasteiger partial charge in [-0.3, -0.25) is 4.90 Å². The molecule has 1 aromatic carbocycles. The van der Waals surface area contributed by atoms with E-state index in [0.717, 1.165) is 26.0 Å². The molecule has 1 aliphatic carbocycles. The van der Waals surface area contributed by atoms with Gasteiger partial charge < -0.3 is 10.5 Å². The second-order valence-electron chi connectivity index (χ2n) is 6.02. The lowest BCUT2D eigenvalue weighted by Gasteiger charge is -2.46. The molecule has 1 aromatic rings. The highest BCUT2D eigenvalue weighted by Gasteiger charge is 2.36. The molecule has 1 fully saturated rings. The third kappa shape index (κ3) is 2.42. The quantitative estimate of drug-likeness (QED) is 0.840. The van der Waals surface area contributed by atoms with Crippen molar-refractivity contribution in [3.63, 3.8) is 0 Å². The Kier molecular flexibility index (Phi) is 3.61. The summed E-state index contributed by atoms with van der Waals surface area (Å²) in [6, 6.07) is 9.70. The molecule has 0 saturated carbocycles. The van der Waals surface area contributed by atoms with Crippen molar-refractivity contribution in [2.45, 2.75) is 50.9 Å². The highest BCUT2D eigenvalue weighted by Crippen LogP contribution is 2.33. The first-order chi connectivity index (χ1) is 9.16. The SMILES string of the molecule is CC1CN(C2CCc3ccccc3C2N)C(C)CO1. The molecule has 0 spiro atoms. The Morgan fingerprint density at radius 2 is 2.05 bits per heavy atom. The van der Waals surface area contributed by atoms with Crippen molar-refractivity contribution < 1.29 is 4.74 Å². The van der Waals surface area contributed by atoms with E-state index >= 15 is 0 Å². The molecule has 0 aromatic heterocycles. The molecule has 3 heteroatoms. The summed E-state index contributed by atoms with van der Waals surface area (Å²) in [5.74, 6) is 0. The number of aryl methyl sites for hydroxylation is 1. The van der Waals surface area contributed by atoms with E-state index in [9.17, 15) is 0 Å². The fourth-order valence-corrected chi connectivity index (χ4v) is 3.54. The minimum Gasteiger partial charge on any atom is -0.376 e. The van der Waals surface area contributed by atoms with Gasteiger partial charge in [0.15, 0.2) is 0 Å². The number of nitrogens with two attached hydrogens (primary N) is 1. The van der Waals surface area contributed by atoms with Gasteiger partial charge in [0.1, 0.15) is 0 Å². The van der Waals surface area contributed by atoms with Crippen LogP contribution in [0.5, 0.6) is 0 Å². The number of ether oxygens (including phenoxy) is 1. The lowest BCUT2D eigenvalue weighted by atomic mass is 9.83. The molecule has 2 N–H and O–H groups in total. The van der Waals surface area contributed by atoms with E-state index in [0.29, 0.717) is 18.2 Å². The van der Waals surface area contributed by atoms with Crippen LogP contribution in [0.25, 0.3) is 0 Å². The lowest BCUT2D eigenvalue weighted by molar-refractivity contribution is -0.0720. The van der Waals surface area contributed by atoms with Crippen LogP contribution in [0.4, 0.5) is 0 Å². The van der Waals surface area contributed by atoms with Gasteiger partial charge in [-0.15, -0.1) is 0 Å². The Morgan fingerprint density at radius 1 is 1.26 bits per heavy atom. The maximum Gasteiger partial charge on any atom is 0.0674 e. The Hall–Kier alpha value is -0.900. The summed E-state index contributed by atoms with van der Waals surface area (Å²) in [5.41, 5.74) is 9.32. The van der Waals surface area contributed by atoms with Crippen molar-refractivity contribution in [2.75, 3.05) is 13.2 Å². The van der Waals surface area contributed by atoms with E-state index in [1.54, 1.807) is 0 Å². The van der Waals surface area contributed by atoms with Gasteiger partial charge in [0, 0.05) is 24.7 Å². The van der Waals surface area contributed by atoms with E-state index in [4.69, 9.17) is 10.5 Å². The van der Waals surface area contributed by atoms with Crippen LogP contribution >= 0.6 is 0 Å². The number of rotatable bonds is 1. The van der Waals surface area contributed by atoms with Crippen molar-refractivity contribution in [1.82, 2.24) is 4.90 Å². The van der Waals surface area contributed by atoms with Crippen LogP contribution in [0.2, 0.25) is 0 Å². The average Bonchev–Trinajstić information content (AvgIpc) is 2.43. The Balaban J connectivity index is 1.83. The Morgan fingerprint density at radius 3 is 2.89 bits per heavy atom. The van der Waals surface area contributed by atoms with Crippen molar-refractivity contribution in [3.05, 3.63) is 35.4 Å². The van der Waals surface area contributed by atoms with Crippen molar-refractivity contribution >= 4 is 0 Å². The molecule has 4 unspecified atom stereocenters. The third-order valence-corrected chi connectivity index (χ3v) is 4.62. The predicted molar refractivity (Wildman–Crippen MR) is 77.1 cm³/mol. The monoisotopic (exact) mass is 260 g/mol. The van der Waals surface area contributed by atoms with Crippen molar-refractivity contribution in [3.8, 4) is 0 Å². The minimum atomic E-state index is 0.137. The maximum absolute atomic E-state index is 6.55. The van der Waals surface area contributed by atoms with E-state index < -0.39 is 0 Å². The van der Waals surface area contributed by atoms with E-state index in [1.807, 2.05) is 0 Å². The first-order valence-electron chi connectivity index (χ1n) is 7.37. The third-order valence-electron chi connectivity index (χ3n) is 4.62. The standard InChI is InChI=1S/C16H24N2O/c1-11-10-19-12(2)9-18(11)15-8-7-13-5-3-4-6-14(13)16(15)17/h3-6,11-12,15-16H,7-10,17H2,1-2H3. The normalized spacial score (nSPS) is 35.9. The van der Waals surface area contributed by atoms with Crippen LogP contribution < -0.4 is 5.73 Å². The van der Waals surface area contributed by atoms with Gasteiger partial charge in [-0.25, -0.2) is 0 Å². The van der Waals surface area contributed by atoms with Gasteiger partial charge in [0.2, 0.25) is 0 Å². The number of morpholine rings is 1. The topological polar surface area (TPSA) is 38.5 Å². The molecule has 19 heavy (non-hydrogen) atoms. The van der Waals surface area contributed by atoms with Crippen LogP contribution in [0, 0.1) is 0 Å². The summed E-state index contributed by atoms with van der Waals surface area (Å²) < 4.78 is 5.73. The van der Waals surface area contributed by atoms with Crippen LogP contribution in [0.15, 0.2) is 24.3 Å². The number of benzene rings is 1. The molecule has 104 valence electrons. The molecule has 0 bridgehead atoms. The largest absolute Gasteiger partial charge is 0.376 e. The Bertz CT molecular complexity index is 448. The van der Waals surface area contributed by atoms with Gasteiger partial charge in [-0.05, 0) is 37.8 Å². The molecule has 3 nitrogen and oxygen atoms in total. The summed E-state index contributed by atoms with van der Waals surface area (Å²) in [5, 5.41) is 0. The van der Waals surface area contributed by atoms with Gasteiger partial charge in [-0.1, -0.05) is 24.3 Å². The second kappa shape index (κ2) is 5.23. The average molecular weight is 260 g/mol. The van der Waals surface area contributed by atoms with Crippen LogP contribution in [0.3, 0.4) is 0 Å². The highest BCUT2D eigenvalue weighted by atomic mass is 16.5. The molecular weight excluding hydrogens is 236 g/mol. The minimum absolute atomic E-state index is 0.137. The number of fused-ring (bicyclic) bond motifs is 1. The van der Waals surface area contributed by atoms with E-state index in [-0.39, 0.29) is 6.04 Å². The maximum atomic E-state index is 6.55. The molecule has 1 heterocycles. The van der Waals surface area contributed by atoms with Crippen LogP contribution in [-0.4, -0.2) is 36.2 Å². The molecule has 4 atom stereocenters. The highest BCUT2D eigenvalue weighted by molar-refractivity contribution is 5.33. The van der Waals surface area contributed by atoms with Gasteiger partial charge >= 0.3 is 0 Å². The van der Waals surface area contributed by atoms with Gasteiger partial charge in [0.05, 0.1) is 12.7 Å². The molecule has 2 aliphatic rings. The van der Waals surface area contributed by atoms with E-state index in [1.165, 1.54) is 11.1 Å². The summed E-state index contributed by atoms with van der Waals surface area (Å²) >= 11 is 0. The molecule has 0 amide bonds. The number of nitrogens with zero attached hydrogens (tertiary/aromatic N) is 1. The van der Waals surface area contributed by atoms with Crippen LogP contribution in [0.1, 0.15) is 37.4 Å². The van der Waals surface area contributed by atoms with E-state index in [2.05, 4.69) is 43.0 Å². The number of hydrogen-bond donors (Lipinski definition) is 1. The first-order valence-corrected chi connectivity index (χ1v) is 7.37. The zero-order chi connectivity index (χ0) is 13.4. The molecule has 3 rings (SSSR count). The van der Waals surface area contributed by atoms with Gasteiger partial charge in [0.25, 0.3) is 0 Å². The second-order valence-corrected chi connectivity index (χ2v) is 6.02. The fraction of sp³-hybridized carbons (Fsp3) is 0.625. The summed E-state index contributed by atoms with van der Waals surface area (Å²) in [6.45, 7) is 6.23. The van der Waals surface area contributed by atoms with Gasteiger partial charge in [-0.2, -0.15) is 0 Å². The molecule has 1 aliphatic heterocycles. The summed E-state index contributed by atoms with van der Waals surface area (Å²) in [6.07, 6.45) is 2.63. The first kappa shape index (κ1) is 13.1. The zero-order valence-electron chi connectivity index (χ0n) is 11.9. The summed E-state index contributed by atoms with van der Waals surface area (Å²) in [4.78, 5) is 2.56. The van der Waals surface area contributed by atoms with Crippen LogP contribution in [-0.2, 0) is 11.2 Å². The smallest absolute Gasteiger partial charge is 0.0674 e. The molecule has 0 radical (unpaired) electrons.